The third kappa shape index (κ3) is 4.30. The zero-order chi connectivity index (χ0) is 14.5. The first-order chi connectivity index (χ1) is 9.61. The van der Waals surface area contributed by atoms with Gasteiger partial charge in [0.05, 0.1) is 11.8 Å². The Morgan fingerprint density at radius 2 is 2.24 bits per heavy atom. The van der Waals surface area contributed by atoms with Crippen LogP contribution >= 0.6 is 12.4 Å². The van der Waals surface area contributed by atoms with Crippen molar-refractivity contribution in [3.8, 4) is 11.5 Å². The Kier molecular flexibility index (Phi) is 6.39. The third-order valence-electron chi connectivity index (χ3n) is 2.88. The molecular weight excluding hydrogens is 294 g/mol. The van der Waals surface area contributed by atoms with Crippen molar-refractivity contribution in [2.45, 2.75) is 19.8 Å². The van der Waals surface area contributed by atoms with Gasteiger partial charge in [0.15, 0.2) is 5.69 Å². The van der Waals surface area contributed by atoms with Crippen molar-refractivity contribution in [1.29, 1.82) is 0 Å². The Hall–Kier alpha value is -1.86. The molecular formula is C13H20ClN5O2. The van der Waals surface area contributed by atoms with Crippen LogP contribution in [0, 0.1) is 6.92 Å². The molecule has 0 spiro atoms. The number of amides is 1. The average molecular weight is 314 g/mol. The highest BCUT2D eigenvalue weighted by Crippen LogP contribution is 2.20. The number of nitrogens with two attached hydrogens (primary N) is 1. The molecule has 7 nitrogen and oxygen atoms in total. The van der Waals surface area contributed by atoms with Gasteiger partial charge in [0.25, 0.3) is 5.91 Å². The molecule has 0 unspecified atom stereocenters. The smallest absolute Gasteiger partial charge is 0.273 e. The van der Waals surface area contributed by atoms with Crippen LogP contribution in [0.3, 0.4) is 0 Å². The molecule has 1 amide bonds. The summed E-state index contributed by atoms with van der Waals surface area (Å²) in [6.45, 7) is 2.94. The normalized spacial score (nSPS) is 10.2. The summed E-state index contributed by atoms with van der Waals surface area (Å²) in [6, 6.07) is 0. The third-order valence-corrected chi connectivity index (χ3v) is 2.88. The molecule has 2 rings (SSSR count). The van der Waals surface area contributed by atoms with E-state index in [9.17, 15) is 4.79 Å². The van der Waals surface area contributed by atoms with Gasteiger partial charge in [0.2, 0.25) is 5.89 Å². The first kappa shape index (κ1) is 17.2. The van der Waals surface area contributed by atoms with Gasteiger partial charge in [0, 0.05) is 19.8 Å². The standard InChI is InChI=1S/C13H19N5O2.ClH/c1-9-11(12(19)15-6-4-3-5-14)17-13(20-9)10-7-16-18(2)8-10;/h7-8H,3-6,14H2,1-2H3,(H,15,19);1H. The minimum atomic E-state index is -0.224. The van der Waals surface area contributed by atoms with Gasteiger partial charge in [-0.05, 0) is 26.3 Å². The van der Waals surface area contributed by atoms with E-state index in [1.54, 1.807) is 24.0 Å². The van der Waals surface area contributed by atoms with Crippen LogP contribution in [0.2, 0.25) is 0 Å². The molecule has 0 radical (unpaired) electrons. The Morgan fingerprint density at radius 1 is 1.48 bits per heavy atom. The SMILES string of the molecule is Cc1oc(-c2cnn(C)c2)nc1C(=O)NCCCCN.Cl. The average Bonchev–Trinajstić information content (AvgIpc) is 3.00. The molecule has 2 heterocycles. The molecule has 0 saturated heterocycles. The topological polar surface area (TPSA) is 99.0 Å². The maximum Gasteiger partial charge on any atom is 0.273 e. The van der Waals surface area contributed by atoms with Gasteiger partial charge in [-0.15, -0.1) is 12.4 Å². The second-order valence-corrected chi connectivity index (χ2v) is 4.58. The quantitative estimate of drug-likeness (QED) is 0.783. The number of rotatable bonds is 6. The van der Waals surface area contributed by atoms with E-state index < -0.39 is 0 Å². The zero-order valence-electron chi connectivity index (χ0n) is 12.1. The predicted molar refractivity (Wildman–Crippen MR) is 81.3 cm³/mol. The lowest BCUT2D eigenvalue weighted by molar-refractivity contribution is 0.0947. The Labute approximate surface area is 129 Å². The minimum absolute atomic E-state index is 0. The summed E-state index contributed by atoms with van der Waals surface area (Å²) >= 11 is 0. The molecule has 2 aromatic rings. The summed E-state index contributed by atoms with van der Waals surface area (Å²) in [5.41, 5.74) is 6.47. The van der Waals surface area contributed by atoms with E-state index >= 15 is 0 Å². The van der Waals surface area contributed by atoms with Gasteiger partial charge in [-0.3, -0.25) is 9.48 Å². The molecule has 0 aromatic carbocycles. The van der Waals surface area contributed by atoms with Crippen LogP contribution in [0.4, 0.5) is 0 Å². The molecule has 8 heteroatoms. The monoisotopic (exact) mass is 313 g/mol. The first-order valence-electron chi connectivity index (χ1n) is 6.56. The largest absolute Gasteiger partial charge is 0.440 e. The molecule has 0 aliphatic carbocycles. The minimum Gasteiger partial charge on any atom is -0.440 e. The number of carbonyl (C=O) groups excluding carboxylic acids is 1. The molecule has 2 aromatic heterocycles. The van der Waals surface area contributed by atoms with Gasteiger partial charge >= 0.3 is 0 Å². The number of hydrogen-bond acceptors (Lipinski definition) is 5. The van der Waals surface area contributed by atoms with Crippen molar-refractivity contribution in [3.63, 3.8) is 0 Å². The summed E-state index contributed by atoms with van der Waals surface area (Å²) in [5.74, 6) is 0.682. The van der Waals surface area contributed by atoms with Crippen molar-refractivity contribution >= 4 is 18.3 Å². The summed E-state index contributed by atoms with van der Waals surface area (Å²) in [7, 11) is 1.81. The number of oxazole rings is 1. The second-order valence-electron chi connectivity index (χ2n) is 4.58. The van der Waals surface area contributed by atoms with Gasteiger partial charge in [-0.2, -0.15) is 5.10 Å². The van der Waals surface area contributed by atoms with E-state index in [1.165, 1.54) is 0 Å². The molecule has 0 fully saturated rings. The lowest BCUT2D eigenvalue weighted by Gasteiger charge is -2.01. The van der Waals surface area contributed by atoms with Crippen molar-refractivity contribution in [1.82, 2.24) is 20.1 Å². The van der Waals surface area contributed by atoms with E-state index in [0.717, 1.165) is 18.4 Å². The number of aryl methyl sites for hydroxylation is 2. The molecule has 0 aliphatic heterocycles. The molecule has 3 N–H and O–H groups in total. The maximum atomic E-state index is 12.0. The number of unbranched alkanes of at least 4 members (excludes halogenated alkanes) is 1. The van der Waals surface area contributed by atoms with Crippen LogP contribution in [-0.2, 0) is 7.05 Å². The van der Waals surface area contributed by atoms with E-state index in [1.807, 2.05) is 7.05 Å². The molecule has 116 valence electrons. The highest BCUT2D eigenvalue weighted by molar-refractivity contribution is 5.93. The highest BCUT2D eigenvalue weighted by atomic mass is 35.5. The van der Waals surface area contributed by atoms with E-state index in [2.05, 4.69) is 15.4 Å². The van der Waals surface area contributed by atoms with Gasteiger partial charge in [-0.25, -0.2) is 4.98 Å². The van der Waals surface area contributed by atoms with Crippen molar-refractivity contribution in [3.05, 3.63) is 23.8 Å². The summed E-state index contributed by atoms with van der Waals surface area (Å²) in [5, 5.41) is 6.86. The van der Waals surface area contributed by atoms with E-state index in [0.29, 0.717) is 30.4 Å². The van der Waals surface area contributed by atoms with Crippen LogP contribution in [-0.4, -0.2) is 33.8 Å². The van der Waals surface area contributed by atoms with Gasteiger partial charge < -0.3 is 15.5 Å². The Morgan fingerprint density at radius 3 is 2.86 bits per heavy atom. The summed E-state index contributed by atoms with van der Waals surface area (Å²) < 4.78 is 7.17. The molecule has 21 heavy (non-hydrogen) atoms. The molecule has 0 bridgehead atoms. The molecule has 0 saturated carbocycles. The number of nitrogens with one attached hydrogen (secondary N) is 1. The van der Waals surface area contributed by atoms with Crippen LogP contribution in [0.1, 0.15) is 29.1 Å². The summed E-state index contributed by atoms with van der Waals surface area (Å²) in [6.07, 6.45) is 5.18. The zero-order valence-corrected chi connectivity index (χ0v) is 12.9. The van der Waals surface area contributed by atoms with Crippen LogP contribution in [0.25, 0.3) is 11.5 Å². The second kappa shape index (κ2) is 7.80. The number of hydrogen-bond donors (Lipinski definition) is 2. The first-order valence-corrected chi connectivity index (χ1v) is 6.56. The number of nitrogens with zero attached hydrogens (tertiary/aromatic N) is 3. The van der Waals surface area contributed by atoms with Gasteiger partial charge in [0.1, 0.15) is 5.76 Å². The van der Waals surface area contributed by atoms with Crippen LogP contribution < -0.4 is 11.1 Å². The Balaban J connectivity index is 0.00000220. The highest BCUT2D eigenvalue weighted by Gasteiger charge is 2.18. The van der Waals surface area contributed by atoms with Crippen LogP contribution in [0.15, 0.2) is 16.8 Å². The van der Waals surface area contributed by atoms with Gasteiger partial charge in [-0.1, -0.05) is 0 Å². The Bertz CT molecular complexity index is 593. The fourth-order valence-electron chi connectivity index (χ4n) is 1.82. The number of halogens is 1. The maximum absolute atomic E-state index is 12.0. The fourth-order valence-corrected chi connectivity index (χ4v) is 1.82. The molecule has 0 aliphatic rings. The van der Waals surface area contributed by atoms with Crippen molar-refractivity contribution in [2.75, 3.05) is 13.1 Å². The lowest BCUT2D eigenvalue weighted by Crippen LogP contribution is -2.25. The predicted octanol–water partition coefficient (Wildman–Crippen LogP) is 1.27. The van der Waals surface area contributed by atoms with E-state index in [4.69, 9.17) is 10.2 Å². The number of carbonyl (C=O) groups is 1. The molecule has 0 atom stereocenters. The number of aromatic nitrogens is 3. The van der Waals surface area contributed by atoms with Crippen LogP contribution in [0.5, 0.6) is 0 Å². The fraction of sp³-hybridized carbons (Fsp3) is 0.462. The van der Waals surface area contributed by atoms with Crippen molar-refractivity contribution < 1.29 is 9.21 Å². The van der Waals surface area contributed by atoms with E-state index in [-0.39, 0.29) is 18.3 Å². The van der Waals surface area contributed by atoms with Crippen molar-refractivity contribution in [2.24, 2.45) is 12.8 Å². The summed E-state index contributed by atoms with van der Waals surface area (Å²) in [4.78, 5) is 16.2. The lowest BCUT2D eigenvalue weighted by atomic mass is 10.3.